The number of thioether (sulfide) groups is 1. The predicted molar refractivity (Wildman–Crippen MR) is 136 cm³/mol. The molecule has 2 aliphatic heterocycles. The number of hydrogen-bond donors (Lipinski definition) is 0. The highest BCUT2D eigenvalue weighted by molar-refractivity contribution is 8.26. The highest BCUT2D eigenvalue weighted by Gasteiger charge is 2.33. The van der Waals surface area contributed by atoms with Gasteiger partial charge in [0.2, 0.25) is 0 Å². The van der Waals surface area contributed by atoms with Crippen molar-refractivity contribution >= 4 is 46.1 Å². The third-order valence-corrected chi connectivity index (χ3v) is 7.45. The van der Waals surface area contributed by atoms with Crippen LogP contribution in [-0.4, -0.2) is 39.3 Å². The van der Waals surface area contributed by atoms with E-state index in [0.717, 1.165) is 43.7 Å². The van der Waals surface area contributed by atoms with Gasteiger partial charge in [-0.15, -0.1) is 0 Å². The van der Waals surface area contributed by atoms with Crippen LogP contribution in [0.25, 0.3) is 6.08 Å². The first-order valence-electron chi connectivity index (χ1n) is 11.4. The van der Waals surface area contributed by atoms with Crippen LogP contribution in [0.2, 0.25) is 0 Å². The topological polar surface area (TPSA) is 69.3 Å². The molecule has 2 aliphatic rings. The van der Waals surface area contributed by atoms with Gasteiger partial charge in [-0.25, -0.2) is 0 Å². The zero-order chi connectivity index (χ0) is 23.6. The molecule has 1 amide bonds. The predicted octanol–water partition coefficient (Wildman–Crippen LogP) is 4.53. The number of nitriles is 1. The fourth-order valence-electron chi connectivity index (χ4n) is 4.29. The van der Waals surface area contributed by atoms with Crippen molar-refractivity contribution in [1.82, 2.24) is 9.47 Å². The summed E-state index contributed by atoms with van der Waals surface area (Å²) in [6.45, 7) is 13.0. The quantitative estimate of drug-likeness (QED) is 0.447. The Balaban J connectivity index is 2.20. The Hall–Kier alpha value is -2.11. The van der Waals surface area contributed by atoms with E-state index in [9.17, 15) is 14.9 Å². The Labute approximate surface area is 200 Å². The Morgan fingerprint density at radius 3 is 2.50 bits per heavy atom. The van der Waals surface area contributed by atoms with Crippen molar-refractivity contribution in [2.24, 2.45) is 11.8 Å². The number of amides is 1. The van der Waals surface area contributed by atoms with Crippen LogP contribution >= 0.6 is 24.0 Å². The molecule has 0 atom stereocenters. The van der Waals surface area contributed by atoms with E-state index in [-0.39, 0.29) is 17.0 Å². The van der Waals surface area contributed by atoms with Crippen LogP contribution in [0, 0.1) is 30.1 Å². The number of carbonyl (C=O) groups excluding carboxylic acids is 1. The lowest BCUT2D eigenvalue weighted by molar-refractivity contribution is -0.122. The first-order chi connectivity index (χ1) is 15.2. The van der Waals surface area contributed by atoms with E-state index in [1.165, 1.54) is 11.8 Å². The second-order valence-corrected chi connectivity index (χ2v) is 10.8. The minimum atomic E-state index is -0.245. The maximum absolute atomic E-state index is 13.2. The molecule has 0 aliphatic carbocycles. The fourth-order valence-corrected chi connectivity index (χ4v) is 5.55. The maximum atomic E-state index is 13.2. The monoisotopic (exact) mass is 472 g/mol. The minimum Gasteiger partial charge on any atom is -0.357 e. The number of carbonyl (C=O) groups is 1. The average molecular weight is 473 g/mol. The summed E-state index contributed by atoms with van der Waals surface area (Å²) in [6, 6.07) is 2.11. The van der Waals surface area contributed by atoms with Gasteiger partial charge in [-0.05, 0) is 49.7 Å². The average Bonchev–Trinajstić information content (AvgIpc) is 3.00. The summed E-state index contributed by atoms with van der Waals surface area (Å²) in [5.74, 6) is 1.68. The van der Waals surface area contributed by atoms with Gasteiger partial charge >= 0.3 is 0 Å². The van der Waals surface area contributed by atoms with Crippen LogP contribution in [-0.2, 0) is 11.3 Å². The molecule has 0 aromatic carbocycles. The van der Waals surface area contributed by atoms with E-state index in [1.807, 2.05) is 19.9 Å². The van der Waals surface area contributed by atoms with Crippen LogP contribution in [0.1, 0.15) is 63.6 Å². The lowest BCUT2D eigenvalue weighted by Gasteiger charge is -2.35. The van der Waals surface area contributed by atoms with Gasteiger partial charge in [0.25, 0.3) is 11.5 Å². The largest absolute Gasteiger partial charge is 0.357 e. The molecule has 1 aromatic rings. The molecule has 0 saturated carbocycles. The Morgan fingerprint density at radius 2 is 1.94 bits per heavy atom. The Bertz CT molecular complexity index is 1040. The molecule has 0 bridgehead atoms. The first-order valence-corrected chi connectivity index (χ1v) is 12.6. The van der Waals surface area contributed by atoms with Crippen LogP contribution in [0.4, 0.5) is 5.82 Å². The molecule has 3 rings (SSSR count). The molecule has 3 heterocycles. The zero-order valence-electron chi connectivity index (χ0n) is 19.6. The number of aromatic nitrogens is 1. The second kappa shape index (κ2) is 10.2. The van der Waals surface area contributed by atoms with E-state index >= 15 is 0 Å². The molecule has 172 valence electrons. The maximum Gasteiger partial charge on any atom is 0.270 e. The summed E-state index contributed by atoms with van der Waals surface area (Å²) in [4.78, 5) is 30.8. The molecule has 32 heavy (non-hydrogen) atoms. The standard InChI is InChI=1S/C24H32N4O2S2/c1-6-9-27-21(26-10-7-16(4)8-11-26)18(17(5)19(13-25)22(27)29)12-20-23(30)28(14-15(2)3)24(31)32-20/h12,15-16H,6-11,14H2,1-5H3/b20-12+. The van der Waals surface area contributed by atoms with Gasteiger partial charge in [0.1, 0.15) is 21.8 Å². The molecule has 2 saturated heterocycles. The number of thiocarbonyl (C=S) groups is 1. The number of pyridine rings is 1. The lowest BCUT2D eigenvalue weighted by Crippen LogP contribution is -2.39. The molecule has 2 fully saturated rings. The van der Waals surface area contributed by atoms with Gasteiger partial charge in [-0.2, -0.15) is 5.26 Å². The van der Waals surface area contributed by atoms with Gasteiger partial charge in [0, 0.05) is 31.7 Å². The minimum absolute atomic E-state index is 0.0990. The molecular formula is C24H32N4O2S2. The number of piperidine rings is 1. The van der Waals surface area contributed by atoms with Crippen molar-refractivity contribution < 1.29 is 4.79 Å². The third kappa shape index (κ3) is 4.79. The zero-order valence-corrected chi connectivity index (χ0v) is 21.2. The van der Waals surface area contributed by atoms with Gasteiger partial charge in [-0.3, -0.25) is 19.1 Å². The number of anilines is 1. The smallest absolute Gasteiger partial charge is 0.270 e. The van der Waals surface area contributed by atoms with Crippen molar-refractivity contribution in [3.8, 4) is 6.07 Å². The normalized spacial score (nSPS) is 18.8. The van der Waals surface area contributed by atoms with Gasteiger partial charge in [0.15, 0.2) is 0 Å². The Morgan fingerprint density at radius 1 is 1.28 bits per heavy atom. The summed E-state index contributed by atoms with van der Waals surface area (Å²) in [5, 5.41) is 9.75. The first kappa shape index (κ1) is 24.5. The van der Waals surface area contributed by atoms with E-state index in [1.54, 1.807) is 9.47 Å². The van der Waals surface area contributed by atoms with Crippen LogP contribution in [0.5, 0.6) is 0 Å². The third-order valence-electron chi connectivity index (χ3n) is 6.07. The van der Waals surface area contributed by atoms with E-state index in [4.69, 9.17) is 12.2 Å². The molecule has 0 spiro atoms. The second-order valence-electron chi connectivity index (χ2n) is 9.16. The molecule has 0 N–H and O–H groups in total. The summed E-state index contributed by atoms with van der Waals surface area (Å²) in [5.41, 5.74) is 1.32. The van der Waals surface area contributed by atoms with Crippen LogP contribution in [0.3, 0.4) is 0 Å². The van der Waals surface area contributed by atoms with E-state index in [0.29, 0.717) is 39.7 Å². The lowest BCUT2D eigenvalue weighted by atomic mass is 9.97. The van der Waals surface area contributed by atoms with Gasteiger partial charge in [-0.1, -0.05) is 51.7 Å². The van der Waals surface area contributed by atoms with Gasteiger partial charge in [0.05, 0.1) is 4.91 Å². The summed E-state index contributed by atoms with van der Waals surface area (Å²) in [6.07, 6.45) is 4.74. The summed E-state index contributed by atoms with van der Waals surface area (Å²) >= 11 is 6.78. The van der Waals surface area contributed by atoms with Crippen LogP contribution in [0.15, 0.2) is 9.70 Å². The van der Waals surface area contributed by atoms with Crippen LogP contribution < -0.4 is 10.5 Å². The molecule has 0 unspecified atom stereocenters. The van der Waals surface area contributed by atoms with Crippen molar-refractivity contribution in [3.63, 3.8) is 0 Å². The number of rotatable bonds is 6. The van der Waals surface area contributed by atoms with Crippen molar-refractivity contribution in [2.45, 2.75) is 60.4 Å². The fraction of sp³-hybridized carbons (Fsp3) is 0.583. The summed E-state index contributed by atoms with van der Waals surface area (Å²) in [7, 11) is 0. The SMILES string of the molecule is CCCn1c(N2CCC(C)CC2)c(/C=C2/SC(=S)N(CC(C)C)C2=O)c(C)c(C#N)c1=O. The van der Waals surface area contributed by atoms with Crippen molar-refractivity contribution in [3.05, 3.63) is 31.9 Å². The van der Waals surface area contributed by atoms with Gasteiger partial charge < -0.3 is 4.90 Å². The molecule has 8 heteroatoms. The molecule has 6 nitrogen and oxygen atoms in total. The number of hydrogen-bond acceptors (Lipinski definition) is 6. The molecule has 0 radical (unpaired) electrons. The molecule has 1 aromatic heterocycles. The van der Waals surface area contributed by atoms with Crippen molar-refractivity contribution in [2.75, 3.05) is 24.5 Å². The summed E-state index contributed by atoms with van der Waals surface area (Å²) < 4.78 is 2.30. The molecular weight excluding hydrogens is 440 g/mol. The van der Waals surface area contributed by atoms with Crippen molar-refractivity contribution in [1.29, 1.82) is 5.26 Å². The highest BCUT2D eigenvalue weighted by atomic mass is 32.2. The van der Waals surface area contributed by atoms with E-state index < -0.39 is 0 Å². The van der Waals surface area contributed by atoms with E-state index in [2.05, 4.69) is 31.7 Å². The highest BCUT2D eigenvalue weighted by Crippen LogP contribution is 2.37. The Kier molecular flexibility index (Phi) is 7.84. The number of nitrogens with zero attached hydrogens (tertiary/aromatic N) is 4.